The van der Waals surface area contributed by atoms with Crippen LogP contribution in [-0.4, -0.2) is 48.8 Å². The van der Waals surface area contributed by atoms with Crippen molar-refractivity contribution in [1.82, 2.24) is 0 Å². The van der Waals surface area contributed by atoms with E-state index in [1.54, 1.807) is 0 Å². The predicted molar refractivity (Wildman–Crippen MR) is 90.6 cm³/mol. The molecule has 0 radical (unpaired) electrons. The molecule has 3 heterocycles. The summed E-state index contributed by atoms with van der Waals surface area (Å²) in [4.78, 5) is 9.42. The molecule has 1 N–H and O–H groups in total. The van der Waals surface area contributed by atoms with Gasteiger partial charge in [0.05, 0.1) is 38.5 Å². The van der Waals surface area contributed by atoms with E-state index in [1.807, 2.05) is 0 Å². The zero-order valence-corrected chi connectivity index (χ0v) is 15.7. The first kappa shape index (κ1) is 19.1. The Morgan fingerprint density at radius 3 is 2.54 bits per heavy atom. The molecule has 0 aliphatic carbocycles. The molecule has 3 atom stereocenters. The third-order valence-electron chi connectivity index (χ3n) is 4.98. The third-order valence-corrected chi connectivity index (χ3v) is 6.63. The number of thioether (sulfide) groups is 1. The Balaban J connectivity index is 2.11. The lowest BCUT2D eigenvalue weighted by Gasteiger charge is -2.39. The van der Waals surface area contributed by atoms with E-state index in [4.69, 9.17) is 18.6 Å². The highest BCUT2D eigenvalue weighted by Gasteiger charge is 2.75. The van der Waals surface area contributed by atoms with Crippen molar-refractivity contribution in [1.29, 1.82) is 0 Å². The Hall–Kier alpha value is -2.27. The zero-order chi connectivity index (χ0) is 20.5. The van der Waals surface area contributed by atoms with E-state index < -0.39 is 34.4 Å². The molecular formula is C17H15F3O7S. The van der Waals surface area contributed by atoms with E-state index in [-0.39, 0.29) is 40.2 Å². The number of benzene rings is 1. The second-order valence-electron chi connectivity index (χ2n) is 6.41. The van der Waals surface area contributed by atoms with Crippen LogP contribution in [0, 0.1) is 0 Å². The van der Waals surface area contributed by atoms with Gasteiger partial charge in [-0.1, -0.05) is 11.8 Å². The third kappa shape index (κ3) is 2.20. The van der Waals surface area contributed by atoms with Crippen molar-refractivity contribution in [2.75, 3.05) is 21.3 Å². The monoisotopic (exact) mass is 420 g/mol. The number of fused-ring (bicyclic) bond motifs is 5. The summed E-state index contributed by atoms with van der Waals surface area (Å²) in [5.41, 5.74) is -2.29. The number of methoxy groups -OCH3 is 3. The molecule has 4 rings (SSSR count). The standard InChI is InChI=1S/C17H15F3O7S/c1-23-9-7-4-5-26-10(7)12(24-2)11-8(9)15(22)6-16(27-11,17(18,19)20)28-13(15)14(21)25-3/h4-5,13,22H,6H2,1-3H3/t13-,15+,16+/m1/s1. The molecule has 0 amide bonds. The largest absolute Gasteiger partial charge is 0.495 e. The Morgan fingerprint density at radius 1 is 1.29 bits per heavy atom. The highest BCUT2D eigenvalue weighted by molar-refractivity contribution is 8.02. The fraction of sp³-hybridized carbons (Fsp3) is 0.471. The second kappa shape index (κ2) is 5.86. The van der Waals surface area contributed by atoms with Gasteiger partial charge >= 0.3 is 12.1 Å². The normalized spacial score (nSPS) is 28.6. The Bertz CT molecular complexity index is 972. The van der Waals surface area contributed by atoms with E-state index >= 15 is 0 Å². The number of carbonyl (C=O) groups excluding carboxylic acids is 1. The Morgan fingerprint density at radius 2 is 1.96 bits per heavy atom. The van der Waals surface area contributed by atoms with Gasteiger partial charge in [0, 0.05) is 6.42 Å². The van der Waals surface area contributed by atoms with Gasteiger partial charge in [0.2, 0.25) is 5.75 Å². The number of furan rings is 1. The van der Waals surface area contributed by atoms with Crippen LogP contribution in [0.2, 0.25) is 0 Å². The number of esters is 1. The van der Waals surface area contributed by atoms with Crippen LogP contribution in [0.4, 0.5) is 13.2 Å². The average Bonchev–Trinajstić information content (AvgIpc) is 3.20. The first-order chi connectivity index (χ1) is 13.1. The van der Waals surface area contributed by atoms with Crippen LogP contribution in [0.15, 0.2) is 16.7 Å². The molecule has 1 fully saturated rings. The molecule has 11 heteroatoms. The fourth-order valence-electron chi connectivity index (χ4n) is 3.80. The first-order valence-corrected chi connectivity index (χ1v) is 8.91. The summed E-state index contributed by atoms with van der Waals surface area (Å²) < 4.78 is 68.0. The van der Waals surface area contributed by atoms with Crippen molar-refractivity contribution >= 4 is 28.7 Å². The minimum atomic E-state index is -4.90. The van der Waals surface area contributed by atoms with Gasteiger partial charge in [-0.2, -0.15) is 13.2 Å². The predicted octanol–water partition coefficient (Wildman–Crippen LogP) is 2.97. The first-order valence-electron chi connectivity index (χ1n) is 8.03. The summed E-state index contributed by atoms with van der Waals surface area (Å²) in [7, 11) is 3.56. The van der Waals surface area contributed by atoms with Crippen LogP contribution >= 0.6 is 11.8 Å². The maximum atomic E-state index is 14.0. The molecular weight excluding hydrogens is 405 g/mol. The molecule has 1 aromatic carbocycles. The topological polar surface area (TPSA) is 87.4 Å². The van der Waals surface area contributed by atoms with Crippen molar-refractivity contribution in [2.45, 2.75) is 28.4 Å². The van der Waals surface area contributed by atoms with Gasteiger partial charge in [-0.05, 0) is 6.07 Å². The van der Waals surface area contributed by atoms with Gasteiger partial charge < -0.3 is 28.5 Å². The van der Waals surface area contributed by atoms with Gasteiger partial charge in [-0.25, -0.2) is 0 Å². The smallest absolute Gasteiger partial charge is 0.438 e. The molecule has 0 spiro atoms. The molecule has 0 unspecified atom stereocenters. The van der Waals surface area contributed by atoms with Crippen LogP contribution in [0.5, 0.6) is 17.2 Å². The lowest BCUT2D eigenvalue weighted by atomic mass is 9.80. The SMILES string of the molecule is COC(=O)[C@H]1S[C@]2(C(F)(F)F)C[C@]1(O)c1c(c(OC)c3occc3c1OC)O2. The van der Waals surface area contributed by atoms with Crippen LogP contribution in [0.3, 0.4) is 0 Å². The number of rotatable bonds is 3. The summed E-state index contributed by atoms with van der Waals surface area (Å²) in [5, 5.41) is 10.2. The maximum Gasteiger partial charge on any atom is 0.438 e. The molecule has 2 bridgehead atoms. The van der Waals surface area contributed by atoms with E-state index in [0.717, 1.165) is 7.11 Å². The second-order valence-corrected chi connectivity index (χ2v) is 7.78. The van der Waals surface area contributed by atoms with Crippen molar-refractivity contribution < 1.29 is 46.4 Å². The zero-order valence-electron chi connectivity index (χ0n) is 14.9. The number of halogens is 3. The number of hydrogen-bond donors (Lipinski definition) is 1. The van der Waals surface area contributed by atoms with Gasteiger partial charge in [-0.15, -0.1) is 0 Å². The Labute approximate surface area is 160 Å². The Kier molecular flexibility index (Phi) is 3.99. The summed E-state index contributed by atoms with van der Waals surface area (Å²) >= 11 is 0.158. The molecule has 1 saturated heterocycles. The molecule has 0 saturated carbocycles. The van der Waals surface area contributed by atoms with Crippen molar-refractivity contribution in [3.05, 3.63) is 17.9 Å². The van der Waals surface area contributed by atoms with Gasteiger partial charge in [0.15, 0.2) is 11.3 Å². The summed E-state index contributed by atoms with van der Waals surface area (Å²) in [6.07, 6.45) is -4.51. The quantitative estimate of drug-likeness (QED) is 0.759. The van der Waals surface area contributed by atoms with Gasteiger partial charge in [-0.3, -0.25) is 4.79 Å². The van der Waals surface area contributed by atoms with Gasteiger partial charge in [0.25, 0.3) is 4.93 Å². The molecule has 28 heavy (non-hydrogen) atoms. The van der Waals surface area contributed by atoms with Crippen LogP contribution in [0.25, 0.3) is 11.0 Å². The number of carbonyl (C=O) groups is 1. The minimum absolute atomic E-state index is 0.0363. The highest BCUT2D eigenvalue weighted by atomic mass is 32.2. The fourth-order valence-corrected chi connectivity index (χ4v) is 5.34. The van der Waals surface area contributed by atoms with E-state index in [1.165, 1.54) is 26.5 Å². The lowest BCUT2D eigenvalue weighted by Crippen LogP contribution is -2.50. The minimum Gasteiger partial charge on any atom is -0.495 e. The van der Waals surface area contributed by atoms with Crippen molar-refractivity contribution in [3.63, 3.8) is 0 Å². The lowest BCUT2D eigenvalue weighted by molar-refractivity contribution is -0.227. The maximum absolute atomic E-state index is 14.0. The van der Waals surface area contributed by atoms with E-state index in [2.05, 4.69) is 4.74 Å². The van der Waals surface area contributed by atoms with Crippen LogP contribution in [-0.2, 0) is 15.1 Å². The molecule has 2 aliphatic heterocycles. The number of aliphatic hydroxyl groups is 1. The van der Waals surface area contributed by atoms with Crippen LogP contribution in [0.1, 0.15) is 12.0 Å². The molecule has 1 aromatic heterocycles. The highest BCUT2D eigenvalue weighted by Crippen LogP contribution is 2.68. The van der Waals surface area contributed by atoms with E-state index in [9.17, 15) is 23.1 Å². The number of ether oxygens (including phenoxy) is 4. The molecule has 2 aliphatic rings. The average molecular weight is 420 g/mol. The molecule has 152 valence electrons. The van der Waals surface area contributed by atoms with Crippen molar-refractivity contribution in [3.8, 4) is 17.2 Å². The van der Waals surface area contributed by atoms with Gasteiger partial charge in [0.1, 0.15) is 16.6 Å². The molecule has 2 aromatic rings. The van der Waals surface area contributed by atoms with Crippen LogP contribution < -0.4 is 14.2 Å². The van der Waals surface area contributed by atoms with E-state index in [0.29, 0.717) is 5.39 Å². The molecule has 7 nitrogen and oxygen atoms in total. The number of alkyl halides is 3. The van der Waals surface area contributed by atoms with Crippen molar-refractivity contribution in [2.24, 2.45) is 0 Å². The number of hydrogen-bond acceptors (Lipinski definition) is 8. The summed E-state index contributed by atoms with van der Waals surface area (Å²) in [6.45, 7) is 0. The summed E-state index contributed by atoms with van der Waals surface area (Å²) in [6, 6.07) is 1.52. The summed E-state index contributed by atoms with van der Waals surface area (Å²) in [5.74, 6) is -1.49.